The number of hydrogen-bond donors (Lipinski definition) is 1. The predicted octanol–water partition coefficient (Wildman–Crippen LogP) is 2.65. The SMILES string of the molecule is O=C1C[C@@H](c2ccncc2F)c2ccc(N3CCOC3=O)cc2N1. The molecule has 24 heavy (non-hydrogen) atoms. The van der Waals surface area contributed by atoms with Gasteiger partial charge in [-0.15, -0.1) is 0 Å². The van der Waals surface area contributed by atoms with E-state index >= 15 is 0 Å². The highest BCUT2D eigenvalue weighted by atomic mass is 19.1. The van der Waals surface area contributed by atoms with E-state index in [1.54, 1.807) is 18.2 Å². The lowest BCUT2D eigenvalue weighted by atomic mass is 9.85. The number of carbonyl (C=O) groups excluding carboxylic acids is 2. The van der Waals surface area contributed by atoms with E-state index in [9.17, 15) is 14.0 Å². The summed E-state index contributed by atoms with van der Waals surface area (Å²) >= 11 is 0. The quantitative estimate of drug-likeness (QED) is 0.920. The molecular formula is C17H14FN3O3. The number of nitrogens with one attached hydrogen (secondary N) is 1. The van der Waals surface area contributed by atoms with Gasteiger partial charge in [-0.3, -0.25) is 14.7 Å². The van der Waals surface area contributed by atoms with Crippen molar-refractivity contribution in [1.29, 1.82) is 0 Å². The first kappa shape index (κ1) is 14.6. The van der Waals surface area contributed by atoms with E-state index in [1.807, 2.05) is 6.07 Å². The Bertz CT molecular complexity index is 840. The van der Waals surface area contributed by atoms with Gasteiger partial charge in [0.15, 0.2) is 0 Å². The molecule has 0 saturated carbocycles. The molecule has 1 atom stereocenters. The highest BCUT2D eigenvalue weighted by molar-refractivity contribution is 5.97. The molecule has 6 nitrogen and oxygen atoms in total. The van der Waals surface area contributed by atoms with Crippen LogP contribution < -0.4 is 10.2 Å². The number of ether oxygens (including phenoxy) is 1. The maximum absolute atomic E-state index is 14.1. The molecule has 1 aromatic heterocycles. The number of rotatable bonds is 2. The van der Waals surface area contributed by atoms with Crippen molar-refractivity contribution >= 4 is 23.4 Å². The van der Waals surface area contributed by atoms with E-state index in [0.717, 1.165) is 11.8 Å². The molecule has 0 bridgehead atoms. The van der Waals surface area contributed by atoms with Gasteiger partial charge in [-0.2, -0.15) is 0 Å². The lowest BCUT2D eigenvalue weighted by molar-refractivity contribution is -0.116. The fourth-order valence-electron chi connectivity index (χ4n) is 3.19. The monoisotopic (exact) mass is 327 g/mol. The average molecular weight is 327 g/mol. The highest BCUT2D eigenvalue weighted by Gasteiger charge is 2.30. The van der Waals surface area contributed by atoms with Crippen LogP contribution in [0.4, 0.5) is 20.6 Å². The molecule has 0 radical (unpaired) electrons. The molecule has 1 aromatic carbocycles. The molecular weight excluding hydrogens is 313 g/mol. The van der Waals surface area contributed by atoms with Crippen LogP contribution in [-0.2, 0) is 9.53 Å². The number of nitrogens with zero attached hydrogens (tertiary/aromatic N) is 2. The summed E-state index contributed by atoms with van der Waals surface area (Å²) in [5, 5.41) is 2.80. The van der Waals surface area contributed by atoms with Crippen LogP contribution in [-0.4, -0.2) is 30.1 Å². The van der Waals surface area contributed by atoms with Crippen LogP contribution in [0.3, 0.4) is 0 Å². The molecule has 3 heterocycles. The summed E-state index contributed by atoms with van der Waals surface area (Å²) in [4.78, 5) is 29.0. The normalized spacial score (nSPS) is 19.7. The van der Waals surface area contributed by atoms with Gasteiger partial charge < -0.3 is 10.1 Å². The minimum absolute atomic E-state index is 0.166. The molecule has 7 heteroatoms. The number of anilines is 2. The van der Waals surface area contributed by atoms with Crippen molar-refractivity contribution in [3.05, 3.63) is 53.6 Å². The maximum atomic E-state index is 14.1. The van der Waals surface area contributed by atoms with Gasteiger partial charge >= 0.3 is 6.09 Å². The van der Waals surface area contributed by atoms with Gasteiger partial charge in [0.05, 0.1) is 12.7 Å². The Morgan fingerprint density at radius 3 is 2.88 bits per heavy atom. The molecule has 1 N–H and O–H groups in total. The Labute approximate surface area is 137 Å². The van der Waals surface area contributed by atoms with Gasteiger partial charge in [0, 0.05) is 29.9 Å². The molecule has 0 unspecified atom stereocenters. The smallest absolute Gasteiger partial charge is 0.414 e. The van der Waals surface area contributed by atoms with Crippen molar-refractivity contribution in [2.75, 3.05) is 23.4 Å². The minimum atomic E-state index is -0.435. The van der Waals surface area contributed by atoms with E-state index in [0.29, 0.717) is 30.1 Å². The van der Waals surface area contributed by atoms with Crippen LogP contribution in [0.5, 0.6) is 0 Å². The van der Waals surface area contributed by atoms with Crippen molar-refractivity contribution in [2.24, 2.45) is 0 Å². The molecule has 0 aliphatic carbocycles. The number of aromatic nitrogens is 1. The maximum Gasteiger partial charge on any atom is 0.414 e. The van der Waals surface area contributed by atoms with Gasteiger partial charge in [0.25, 0.3) is 0 Å². The molecule has 122 valence electrons. The highest BCUT2D eigenvalue weighted by Crippen LogP contribution is 2.39. The number of carbonyl (C=O) groups is 2. The lowest BCUT2D eigenvalue weighted by Gasteiger charge is -2.27. The summed E-state index contributed by atoms with van der Waals surface area (Å²) in [6, 6.07) is 6.93. The standard InChI is InChI=1S/C17H14FN3O3/c18-14-9-19-4-3-11(14)13-8-16(22)20-15-7-10(1-2-12(13)15)21-5-6-24-17(21)23/h1-4,7,9,13H,5-6,8H2,(H,20,22)/t13-/m0/s1. The second-order valence-electron chi connectivity index (χ2n) is 5.74. The second-order valence-corrected chi connectivity index (χ2v) is 5.74. The van der Waals surface area contributed by atoms with Crippen LogP contribution in [0.15, 0.2) is 36.7 Å². The lowest BCUT2D eigenvalue weighted by Crippen LogP contribution is -2.26. The number of hydrogen-bond acceptors (Lipinski definition) is 4. The van der Waals surface area contributed by atoms with Crippen molar-refractivity contribution in [1.82, 2.24) is 4.98 Å². The fraction of sp³-hybridized carbons (Fsp3) is 0.235. The first-order valence-electron chi connectivity index (χ1n) is 7.61. The molecule has 1 fully saturated rings. The Balaban J connectivity index is 1.76. The topological polar surface area (TPSA) is 71.5 Å². The molecule has 4 rings (SSSR count). The van der Waals surface area contributed by atoms with E-state index in [4.69, 9.17) is 4.74 Å². The molecule has 0 spiro atoms. The Kier molecular flexibility index (Phi) is 3.41. The third kappa shape index (κ3) is 2.38. The van der Waals surface area contributed by atoms with Crippen LogP contribution in [0.25, 0.3) is 0 Å². The summed E-state index contributed by atoms with van der Waals surface area (Å²) in [6.07, 6.45) is 2.42. The van der Waals surface area contributed by atoms with Crippen molar-refractivity contribution < 1.29 is 18.7 Å². The summed E-state index contributed by atoms with van der Waals surface area (Å²) in [5.74, 6) is -1.00. The first-order valence-corrected chi connectivity index (χ1v) is 7.61. The van der Waals surface area contributed by atoms with E-state index in [2.05, 4.69) is 10.3 Å². The van der Waals surface area contributed by atoms with Crippen LogP contribution in [0, 0.1) is 5.82 Å². The van der Waals surface area contributed by atoms with E-state index in [-0.39, 0.29) is 18.2 Å². The number of benzene rings is 1. The summed E-state index contributed by atoms with van der Waals surface area (Å²) < 4.78 is 19.0. The van der Waals surface area contributed by atoms with Crippen LogP contribution >= 0.6 is 0 Å². The Morgan fingerprint density at radius 2 is 2.12 bits per heavy atom. The predicted molar refractivity (Wildman–Crippen MR) is 84.4 cm³/mol. The zero-order valence-electron chi connectivity index (χ0n) is 12.7. The second kappa shape index (κ2) is 5.59. The number of fused-ring (bicyclic) bond motifs is 1. The van der Waals surface area contributed by atoms with Gasteiger partial charge in [0.2, 0.25) is 5.91 Å². The molecule has 2 aliphatic heterocycles. The third-order valence-corrected chi connectivity index (χ3v) is 4.33. The van der Waals surface area contributed by atoms with Crippen LogP contribution in [0.1, 0.15) is 23.5 Å². The molecule has 2 aliphatic rings. The first-order chi connectivity index (χ1) is 11.6. The third-order valence-electron chi connectivity index (χ3n) is 4.33. The fourth-order valence-corrected chi connectivity index (χ4v) is 3.19. The van der Waals surface area contributed by atoms with Crippen molar-refractivity contribution in [2.45, 2.75) is 12.3 Å². The zero-order chi connectivity index (χ0) is 16.7. The van der Waals surface area contributed by atoms with Gasteiger partial charge in [-0.05, 0) is 29.3 Å². The molecule has 2 aromatic rings. The summed E-state index contributed by atoms with van der Waals surface area (Å²) in [6.45, 7) is 0.807. The van der Waals surface area contributed by atoms with Gasteiger partial charge in [-0.25, -0.2) is 9.18 Å². The average Bonchev–Trinajstić information content (AvgIpc) is 3.00. The van der Waals surface area contributed by atoms with Crippen molar-refractivity contribution in [3.63, 3.8) is 0 Å². The van der Waals surface area contributed by atoms with Gasteiger partial charge in [-0.1, -0.05) is 6.07 Å². The number of amides is 2. The van der Waals surface area contributed by atoms with Crippen molar-refractivity contribution in [3.8, 4) is 0 Å². The molecule has 1 saturated heterocycles. The zero-order valence-corrected chi connectivity index (χ0v) is 12.7. The van der Waals surface area contributed by atoms with Crippen LogP contribution in [0.2, 0.25) is 0 Å². The van der Waals surface area contributed by atoms with Gasteiger partial charge in [0.1, 0.15) is 12.4 Å². The van der Waals surface area contributed by atoms with E-state index in [1.165, 1.54) is 11.1 Å². The Morgan fingerprint density at radius 1 is 1.25 bits per heavy atom. The summed E-state index contributed by atoms with van der Waals surface area (Å²) in [7, 11) is 0. The number of halogens is 1. The number of pyridine rings is 1. The summed E-state index contributed by atoms with van der Waals surface area (Å²) in [5.41, 5.74) is 2.49. The number of cyclic esters (lactones) is 1. The molecule has 2 amide bonds. The minimum Gasteiger partial charge on any atom is -0.447 e. The Hall–Kier alpha value is -2.96. The van der Waals surface area contributed by atoms with E-state index < -0.39 is 11.9 Å². The largest absolute Gasteiger partial charge is 0.447 e.